The van der Waals surface area contributed by atoms with Gasteiger partial charge in [0.1, 0.15) is 11.6 Å². The molecule has 0 fully saturated rings. The van der Waals surface area contributed by atoms with Crippen molar-refractivity contribution in [3.05, 3.63) is 29.6 Å². The van der Waals surface area contributed by atoms with E-state index in [9.17, 15) is 8.78 Å². The van der Waals surface area contributed by atoms with Crippen LogP contribution in [-0.2, 0) is 0 Å². The first-order valence-electron chi connectivity index (χ1n) is 4.09. The predicted molar refractivity (Wildman–Crippen MR) is 45.9 cm³/mol. The first-order valence-corrected chi connectivity index (χ1v) is 4.09. The minimum atomic E-state index is -0.683. The molecule has 1 atom stereocenters. The molecule has 1 heterocycles. The van der Waals surface area contributed by atoms with Gasteiger partial charge in [0.15, 0.2) is 0 Å². The van der Waals surface area contributed by atoms with E-state index in [1.807, 2.05) is 13.8 Å². The second-order valence-corrected chi connectivity index (χ2v) is 3.29. The molecule has 2 nitrogen and oxygen atoms in total. The lowest BCUT2D eigenvalue weighted by atomic mass is 10.0. The van der Waals surface area contributed by atoms with Crippen LogP contribution in [-0.4, -0.2) is 4.98 Å². The van der Waals surface area contributed by atoms with Crippen LogP contribution in [0.1, 0.15) is 25.6 Å². The van der Waals surface area contributed by atoms with E-state index in [-0.39, 0.29) is 11.6 Å². The first kappa shape index (κ1) is 10.1. The van der Waals surface area contributed by atoms with Crippen LogP contribution in [0.25, 0.3) is 0 Å². The Morgan fingerprint density at radius 3 is 2.46 bits per heavy atom. The first-order chi connectivity index (χ1) is 6.02. The third-order valence-corrected chi connectivity index (χ3v) is 1.87. The fourth-order valence-corrected chi connectivity index (χ4v) is 0.986. The molecule has 0 bridgehead atoms. The maximum atomic E-state index is 13.1. The molecule has 0 saturated carbocycles. The normalized spacial score (nSPS) is 13.4. The van der Waals surface area contributed by atoms with Crippen molar-refractivity contribution in [2.24, 2.45) is 11.7 Å². The summed E-state index contributed by atoms with van der Waals surface area (Å²) in [5.41, 5.74) is 5.79. The molecule has 4 heteroatoms. The SMILES string of the molecule is CC(C)[C@@H](N)c1ncc(F)cc1F. The molecular weight excluding hydrogens is 174 g/mol. The van der Waals surface area contributed by atoms with E-state index in [4.69, 9.17) is 5.73 Å². The number of halogens is 2. The van der Waals surface area contributed by atoms with Crippen molar-refractivity contribution in [2.75, 3.05) is 0 Å². The molecule has 1 rings (SSSR count). The van der Waals surface area contributed by atoms with Gasteiger partial charge in [-0.05, 0) is 5.92 Å². The van der Waals surface area contributed by atoms with Crippen LogP contribution in [0, 0.1) is 17.6 Å². The summed E-state index contributed by atoms with van der Waals surface area (Å²) in [5, 5.41) is 0. The summed E-state index contributed by atoms with van der Waals surface area (Å²) < 4.78 is 25.5. The fourth-order valence-electron chi connectivity index (χ4n) is 0.986. The topological polar surface area (TPSA) is 38.9 Å². The second-order valence-electron chi connectivity index (χ2n) is 3.29. The number of nitrogens with two attached hydrogens (primary N) is 1. The highest BCUT2D eigenvalue weighted by Crippen LogP contribution is 2.19. The van der Waals surface area contributed by atoms with E-state index in [1.165, 1.54) is 0 Å². The Morgan fingerprint density at radius 1 is 1.38 bits per heavy atom. The van der Waals surface area contributed by atoms with Gasteiger partial charge in [-0.2, -0.15) is 0 Å². The second kappa shape index (κ2) is 3.79. The number of hydrogen-bond donors (Lipinski definition) is 1. The monoisotopic (exact) mass is 186 g/mol. The van der Waals surface area contributed by atoms with Crippen molar-refractivity contribution in [3.63, 3.8) is 0 Å². The van der Waals surface area contributed by atoms with Crippen LogP contribution in [0.5, 0.6) is 0 Å². The van der Waals surface area contributed by atoms with Crippen LogP contribution < -0.4 is 5.73 Å². The Bertz CT molecular complexity index is 300. The molecule has 0 aliphatic heterocycles. The molecule has 13 heavy (non-hydrogen) atoms. The van der Waals surface area contributed by atoms with E-state index in [1.54, 1.807) is 0 Å². The lowest BCUT2D eigenvalue weighted by Crippen LogP contribution is -2.19. The Morgan fingerprint density at radius 2 is 2.00 bits per heavy atom. The highest BCUT2D eigenvalue weighted by Gasteiger charge is 2.16. The van der Waals surface area contributed by atoms with Gasteiger partial charge in [-0.15, -0.1) is 0 Å². The number of rotatable bonds is 2. The zero-order chi connectivity index (χ0) is 10.0. The summed E-state index contributed by atoms with van der Waals surface area (Å²) in [5.74, 6) is -1.29. The minimum Gasteiger partial charge on any atom is -0.322 e. The molecule has 0 unspecified atom stereocenters. The minimum absolute atomic E-state index is 0.0764. The van der Waals surface area contributed by atoms with Gasteiger partial charge in [-0.3, -0.25) is 4.98 Å². The highest BCUT2D eigenvalue weighted by atomic mass is 19.1. The molecule has 0 saturated heterocycles. The van der Waals surface area contributed by atoms with Crippen molar-refractivity contribution < 1.29 is 8.78 Å². The average Bonchev–Trinajstić information content (AvgIpc) is 2.03. The summed E-state index contributed by atoms with van der Waals surface area (Å²) in [6, 6.07) is 0.311. The summed E-state index contributed by atoms with van der Waals surface area (Å²) in [6.45, 7) is 3.71. The fraction of sp³-hybridized carbons (Fsp3) is 0.444. The smallest absolute Gasteiger partial charge is 0.149 e. The van der Waals surface area contributed by atoms with Crippen molar-refractivity contribution in [2.45, 2.75) is 19.9 Å². The lowest BCUT2D eigenvalue weighted by molar-refractivity contribution is 0.464. The Hall–Kier alpha value is -1.03. The molecule has 72 valence electrons. The Balaban J connectivity index is 3.01. The van der Waals surface area contributed by atoms with Gasteiger partial charge in [0.05, 0.1) is 17.9 Å². The van der Waals surface area contributed by atoms with E-state index < -0.39 is 17.7 Å². The summed E-state index contributed by atoms with van der Waals surface area (Å²) in [4.78, 5) is 3.62. The van der Waals surface area contributed by atoms with E-state index in [0.29, 0.717) is 0 Å². The van der Waals surface area contributed by atoms with Gasteiger partial charge in [0, 0.05) is 6.07 Å². The van der Waals surface area contributed by atoms with Crippen molar-refractivity contribution >= 4 is 0 Å². The zero-order valence-corrected chi connectivity index (χ0v) is 7.59. The number of nitrogens with zero attached hydrogens (tertiary/aromatic N) is 1. The highest BCUT2D eigenvalue weighted by molar-refractivity contribution is 5.12. The van der Waals surface area contributed by atoms with Gasteiger partial charge in [0.25, 0.3) is 0 Å². The van der Waals surface area contributed by atoms with Crippen molar-refractivity contribution in [3.8, 4) is 0 Å². The molecule has 1 aromatic heterocycles. The number of hydrogen-bond acceptors (Lipinski definition) is 2. The average molecular weight is 186 g/mol. The van der Waals surface area contributed by atoms with Crippen LogP contribution in [0.3, 0.4) is 0 Å². The molecule has 2 N–H and O–H groups in total. The summed E-state index contributed by atoms with van der Waals surface area (Å²) in [6.07, 6.45) is 0.973. The Labute approximate surface area is 75.8 Å². The van der Waals surface area contributed by atoms with Gasteiger partial charge >= 0.3 is 0 Å². The van der Waals surface area contributed by atoms with Crippen molar-refractivity contribution in [1.82, 2.24) is 4.98 Å². The van der Waals surface area contributed by atoms with Gasteiger partial charge in [-0.25, -0.2) is 8.78 Å². The molecule has 0 aliphatic rings. The maximum absolute atomic E-state index is 13.1. The van der Waals surface area contributed by atoms with Crippen molar-refractivity contribution in [1.29, 1.82) is 0 Å². The van der Waals surface area contributed by atoms with E-state index in [2.05, 4.69) is 4.98 Å². The van der Waals surface area contributed by atoms with Crippen LogP contribution >= 0.6 is 0 Å². The molecular formula is C9H12F2N2. The maximum Gasteiger partial charge on any atom is 0.149 e. The standard InChI is InChI=1S/C9H12F2N2/c1-5(2)8(12)9-7(11)3-6(10)4-13-9/h3-5,8H,12H2,1-2H3/t8-/m1/s1. The zero-order valence-electron chi connectivity index (χ0n) is 7.59. The lowest BCUT2D eigenvalue weighted by Gasteiger charge is -2.15. The molecule has 0 aromatic carbocycles. The molecule has 0 spiro atoms. The van der Waals surface area contributed by atoms with Crippen LogP contribution in [0.15, 0.2) is 12.3 Å². The quantitative estimate of drug-likeness (QED) is 0.767. The number of aromatic nitrogens is 1. The van der Waals surface area contributed by atoms with Gasteiger partial charge in [-0.1, -0.05) is 13.8 Å². The summed E-state index contributed by atoms with van der Waals surface area (Å²) >= 11 is 0. The Kier molecular flexibility index (Phi) is 2.93. The van der Waals surface area contributed by atoms with Gasteiger partial charge in [0.2, 0.25) is 0 Å². The molecule has 0 radical (unpaired) electrons. The van der Waals surface area contributed by atoms with Gasteiger partial charge < -0.3 is 5.73 Å². The molecule has 1 aromatic rings. The van der Waals surface area contributed by atoms with Crippen LogP contribution in [0.4, 0.5) is 8.78 Å². The number of pyridine rings is 1. The van der Waals surface area contributed by atoms with E-state index in [0.717, 1.165) is 12.3 Å². The summed E-state index contributed by atoms with van der Waals surface area (Å²) in [7, 11) is 0. The predicted octanol–water partition coefficient (Wildman–Crippen LogP) is 2.02. The molecule has 0 aliphatic carbocycles. The third-order valence-electron chi connectivity index (χ3n) is 1.87. The largest absolute Gasteiger partial charge is 0.322 e. The molecule has 0 amide bonds. The van der Waals surface area contributed by atoms with Crippen LogP contribution in [0.2, 0.25) is 0 Å². The van der Waals surface area contributed by atoms with E-state index >= 15 is 0 Å². The third kappa shape index (κ3) is 2.21.